The monoisotopic (exact) mass is 353 g/mol. The van der Waals surface area contributed by atoms with Crippen LogP contribution < -0.4 is 10.6 Å². The zero-order valence-corrected chi connectivity index (χ0v) is 12.9. The van der Waals surface area contributed by atoms with Crippen LogP contribution in [0.5, 0.6) is 0 Å². The van der Waals surface area contributed by atoms with Gasteiger partial charge in [-0.05, 0) is 36.4 Å². The maximum atomic E-state index is 12.7. The molecule has 2 aromatic carbocycles. The highest BCUT2D eigenvalue weighted by molar-refractivity contribution is 6.33. The van der Waals surface area contributed by atoms with Crippen LogP contribution >= 0.6 is 11.6 Å². The van der Waals surface area contributed by atoms with E-state index in [-0.39, 0.29) is 17.3 Å². The molecule has 0 aliphatic rings. The van der Waals surface area contributed by atoms with Crippen molar-refractivity contribution in [2.45, 2.75) is 6.18 Å². The molecule has 24 heavy (non-hydrogen) atoms. The van der Waals surface area contributed by atoms with Gasteiger partial charge in [0.05, 0.1) is 34.5 Å². The Morgan fingerprint density at radius 3 is 2.62 bits per heavy atom. The van der Waals surface area contributed by atoms with E-state index in [0.29, 0.717) is 11.3 Å². The molecule has 0 spiro atoms. The van der Waals surface area contributed by atoms with Crippen molar-refractivity contribution in [3.8, 4) is 6.07 Å². The second kappa shape index (κ2) is 7.23. The lowest BCUT2D eigenvalue weighted by Gasteiger charge is -2.12. The molecule has 0 aromatic heterocycles. The normalized spacial score (nSPS) is 10.8. The number of alkyl halides is 3. The molecule has 0 aliphatic heterocycles. The molecule has 2 rings (SSSR count). The quantitative estimate of drug-likeness (QED) is 0.862. The van der Waals surface area contributed by atoms with Crippen molar-refractivity contribution in [1.82, 2.24) is 0 Å². The van der Waals surface area contributed by atoms with Gasteiger partial charge in [-0.2, -0.15) is 18.4 Å². The lowest BCUT2D eigenvalue weighted by atomic mass is 10.2. The minimum absolute atomic E-state index is 0.00262. The lowest BCUT2D eigenvalue weighted by Crippen LogP contribution is -2.22. The molecule has 2 N–H and O–H groups in total. The predicted molar refractivity (Wildman–Crippen MR) is 84.7 cm³/mol. The fourth-order valence-corrected chi connectivity index (χ4v) is 2.04. The molecule has 8 heteroatoms. The van der Waals surface area contributed by atoms with E-state index in [0.717, 1.165) is 18.2 Å². The van der Waals surface area contributed by atoms with Crippen LogP contribution in [0.3, 0.4) is 0 Å². The number of rotatable bonds is 4. The van der Waals surface area contributed by atoms with E-state index in [1.165, 1.54) is 0 Å². The van der Waals surface area contributed by atoms with Gasteiger partial charge in [0.25, 0.3) is 0 Å². The number of halogens is 4. The van der Waals surface area contributed by atoms with E-state index in [2.05, 4.69) is 10.6 Å². The van der Waals surface area contributed by atoms with Crippen LogP contribution in [0, 0.1) is 11.3 Å². The first-order valence-corrected chi connectivity index (χ1v) is 7.08. The fourth-order valence-electron chi connectivity index (χ4n) is 1.87. The van der Waals surface area contributed by atoms with Gasteiger partial charge in [0.15, 0.2) is 0 Å². The zero-order valence-electron chi connectivity index (χ0n) is 12.1. The molecule has 0 saturated heterocycles. The molecule has 0 heterocycles. The molecular weight excluding hydrogens is 343 g/mol. The van der Waals surface area contributed by atoms with Crippen molar-refractivity contribution in [1.29, 1.82) is 5.26 Å². The van der Waals surface area contributed by atoms with Crippen molar-refractivity contribution in [3.05, 3.63) is 58.6 Å². The van der Waals surface area contributed by atoms with Gasteiger partial charge >= 0.3 is 6.18 Å². The van der Waals surface area contributed by atoms with E-state index in [1.54, 1.807) is 24.3 Å². The summed E-state index contributed by atoms with van der Waals surface area (Å²) < 4.78 is 38.1. The number of benzene rings is 2. The Bertz CT molecular complexity index is 800. The summed E-state index contributed by atoms with van der Waals surface area (Å²) in [6.07, 6.45) is -4.53. The first kappa shape index (κ1) is 17.6. The number of carbonyl (C=O) groups is 1. The fraction of sp³-hybridized carbons (Fsp3) is 0.125. The van der Waals surface area contributed by atoms with Crippen molar-refractivity contribution in [3.63, 3.8) is 0 Å². The summed E-state index contributed by atoms with van der Waals surface area (Å²) in [5.41, 5.74) is -0.0679. The van der Waals surface area contributed by atoms with Crippen LogP contribution in [0.25, 0.3) is 0 Å². The first-order chi connectivity index (χ1) is 11.3. The van der Waals surface area contributed by atoms with Crippen LogP contribution in [-0.2, 0) is 11.0 Å². The molecule has 0 fully saturated rings. The highest BCUT2D eigenvalue weighted by Gasteiger charge is 2.31. The van der Waals surface area contributed by atoms with Gasteiger partial charge in [-0.25, -0.2) is 0 Å². The largest absolute Gasteiger partial charge is 0.416 e. The Kier molecular flexibility index (Phi) is 5.31. The van der Waals surface area contributed by atoms with Gasteiger partial charge in [0, 0.05) is 5.69 Å². The van der Waals surface area contributed by atoms with Crippen molar-refractivity contribution in [2.24, 2.45) is 0 Å². The van der Waals surface area contributed by atoms with E-state index < -0.39 is 17.6 Å². The van der Waals surface area contributed by atoms with Crippen molar-refractivity contribution in [2.75, 3.05) is 17.2 Å². The molecule has 0 atom stereocenters. The minimum atomic E-state index is -4.53. The van der Waals surface area contributed by atoms with Crippen LogP contribution in [0.4, 0.5) is 24.5 Å². The Morgan fingerprint density at radius 2 is 1.96 bits per heavy atom. The minimum Gasteiger partial charge on any atom is -0.376 e. The molecule has 2 aromatic rings. The Labute approximate surface area is 140 Å². The van der Waals surface area contributed by atoms with Crippen molar-refractivity contribution < 1.29 is 18.0 Å². The topological polar surface area (TPSA) is 64.9 Å². The Hall–Kier alpha value is -2.72. The molecule has 1 amide bonds. The highest BCUT2D eigenvalue weighted by atomic mass is 35.5. The van der Waals surface area contributed by atoms with Crippen LogP contribution in [-0.4, -0.2) is 12.5 Å². The average Bonchev–Trinajstić information content (AvgIpc) is 2.54. The summed E-state index contributed by atoms with van der Waals surface area (Å²) >= 11 is 5.81. The number of nitrogens with zero attached hydrogens (tertiary/aromatic N) is 1. The maximum absolute atomic E-state index is 12.7. The summed E-state index contributed by atoms with van der Waals surface area (Å²) in [5.74, 6) is -0.571. The second-order valence-electron chi connectivity index (χ2n) is 4.79. The third kappa shape index (κ3) is 4.64. The zero-order chi connectivity index (χ0) is 17.7. The van der Waals surface area contributed by atoms with Crippen molar-refractivity contribution >= 4 is 28.9 Å². The SMILES string of the molecule is N#Cc1cccc(NCC(=O)Nc2cc(C(F)(F)F)ccc2Cl)c1. The molecule has 4 nitrogen and oxygen atoms in total. The average molecular weight is 354 g/mol. The number of hydrogen-bond acceptors (Lipinski definition) is 3. The highest BCUT2D eigenvalue weighted by Crippen LogP contribution is 2.33. The molecular formula is C16H11ClF3N3O. The number of nitrogens with one attached hydrogen (secondary N) is 2. The summed E-state index contributed by atoms with van der Waals surface area (Å²) in [7, 11) is 0. The van der Waals surface area contributed by atoms with Crippen LogP contribution in [0.1, 0.15) is 11.1 Å². The smallest absolute Gasteiger partial charge is 0.376 e. The number of anilines is 2. The summed E-state index contributed by atoms with van der Waals surface area (Å²) in [4.78, 5) is 11.9. The van der Waals surface area contributed by atoms with Gasteiger partial charge in [-0.1, -0.05) is 17.7 Å². The Balaban J connectivity index is 2.03. The van der Waals surface area contributed by atoms with Gasteiger partial charge in [-0.3, -0.25) is 4.79 Å². The lowest BCUT2D eigenvalue weighted by molar-refractivity contribution is -0.137. The van der Waals surface area contributed by atoms with E-state index in [4.69, 9.17) is 16.9 Å². The molecule has 0 saturated carbocycles. The van der Waals surface area contributed by atoms with E-state index in [1.807, 2.05) is 6.07 Å². The number of amides is 1. The number of hydrogen-bond donors (Lipinski definition) is 2. The molecule has 0 bridgehead atoms. The molecule has 0 aliphatic carbocycles. The summed E-state index contributed by atoms with van der Waals surface area (Å²) in [6, 6.07) is 11.1. The van der Waals surface area contributed by atoms with Gasteiger partial charge < -0.3 is 10.6 Å². The summed E-state index contributed by atoms with van der Waals surface area (Å²) in [6.45, 7) is -0.193. The van der Waals surface area contributed by atoms with E-state index >= 15 is 0 Å². The van der Waals surface area contributed by atoms with Crippen LogP contribution in [0.15, 0.2) is 42.5 Å². The van der Waals surface area contributed by atoms with Crippen LogP contribution in [0.2, 0.25) is 5.02 Å². The molecule has 0 radical (unpaired) electrons. The standard InChI is InChI=1S/C16H11ClF3N3O/c17-13-5-4-11(16(18,19)20)7-14(13)23-15(24)9-22-12-3-1-2-10(6-12)8-21/h1-7,22H,9H2,(H,23,24). The van der Waals surface area contributed by atoms with Gasteiger partial charge in [0.1, 0.15) is 0 Å². The predicted octanol–water partition coefficient (Wildman–Crippen LogP) is 4.28. The molecule has 124 valence electrons. The van der Waals surface area contributed by atoms with Gasteiger partial charge in [-0.15, -0.1) is 0 Å². The number of nitriles is 1. The van der Waals surface area contributed by atoms with Gasteiger partial charge in [0.2, 0.25) is 5.91 Å². The first-order valence-electron chi connectivity index (χ1n) is 6.70. The second-order valence-corrected chi connectivity index (χ2v) is 5.19. The molecule has 0 unspecified atom stereocenters. The third-order valence-corrected chi connectivity index (χ3v) is 3.34. The van der Waals surface area contributed by atoms with E-state index in [9.17, 15) is 18.0 Å². The maximum Gasteiger partial charge on any atom is 0.416 e. The summed E-state index contributed by atoms with van der Waals surface area (Å²) in [5, 5.41) is 13.9. The number of carbonyl (C=O) groups excluding carboxylic acids is 1. The Morgan fingerprint density at radius 1 is 1.21 bits per heavy atom. The third-order valence-electron chi connectivity index (χ3n) is 3.01.